The van der Waals surface area contributed by atoms with E-state index in [0.717, 1.165) is 22.4 Å². The smallest absolute Gasteiger partial charge is 0.286 e. The van der Waals surface area contributed by atoms with Gasteiger partial charge in [0.25, 0.3) is 5.22 Å². The van der Waals surface area contributed by atoms with Crippen LogP contribution in [0.25, 0.3) is 11.4 Å². The second kappa shape index (κ2) is 7.53. The van der Waals surface area contributed by atoms with Crippen molar-refractivity contribution in [1.82, 2.24) is 10.1 Å². The summed E-state index contributed by atoms with van der Waals surface area (Å²) in [5.74, 6) is 0.634. The minimum atomic E-state index is -0.103. The number of amides is 1. The zero-order chi connectivity index (χ0) is 17.8. The Morgan fingerprint density at radius 3 is 2.56 bits per heavy atom. The number of thioether (sulfide) groups is 1. The highest BCUT2D eigenvalue weighted by Gasteiger charge is 2.12. The van der Waals surface area contributed by atoms with Crippen molar-refractivity contribution in [3.63, 3.8) is 0 Å². The highest BCUT2D eigenvalue weighted by molar-refractivity contribution is 7.99. The number of hydrogen-bond donors (Lipinski definition) is 1. The predicted octanol–water partition coefficient (Wildman–Crippen LogP) is 4.39. The summed E-state index contributed by atoms with van der Waals surface area (Å²) in [6.07, 6.45) is 0. The first-order valence-electron chi connectivity index (χ1n) is 7.92. The average Bonchev–Trinajstić information content (AvgIpc) is 3.06. The van der Waals surface area contributed by atoms with Gasteiger partial charge in [0.05, 0.1) is 5.75 Å². The Hall–Kier alpha value is -2.60. The van der Waals surface area contributed by atoms with Crippen molar-refractivity contribution in [3.05, 3.63) is 59.2 Å². The van der Waals surface area contributed by atoms with Gasteiger partial charge in [-0.2, -0.15) is 4.98 Å². The summed E-state index contributed by atoms with van der Waals surface area (Å²) in [5.41, 5.74) is 5.03. The zero-order valence-electron chi connectivity index (χ0n) is 14.4. The summed E-state index contributed by atoms with van der Waals surface area (Å²) in [4.78, 5) is 16.5. The highest BCUT2D eigenvalue weighted by atomic mass is 32.2. The van der Waals surface area contributed by atoms with E-state index in [2.05, 4.69) is 15.5 Å². The van der Waals surface area contributed by atoms with E-state index < -0.39 is 0 Å². The van der Waals surface area contributed by atoms with Crippen LogP contribution in [0.5, 0.6) is 0 Å². The molecule has 0 bridgehead atoms. The quantitative estimate of drug-likeness (QED) is 0.689. The summed E-state index contributed by atoms with van der Waals surface area (Å²) in [5, 5.41) is 7.26. The standard InChI is InChI=1S/C19H19N3O2S/c1-12-5-8-15(9-6-12)18-21-19(24-22-18)25-11-17(23)20-16-10-13(2)4-7-14(16)3/h4-10H,11H2,1-3H3,(H,20,23). The number of nitrogens with one attached hydrogen (secondary N) is 1. The number of carbonyl (C=O) groups is 1. The van der Waals surface area contributed by atoms with Crippen LogP contribution in [0.1, 0.15) is 16.7 Å². The molecule has 0 aliphatic carbocycles. The van der Waals surface area contributed by atoms with Crippen LogP contribution in [-0.4, -0.2) is 21.8 Å². The molecule has 0 aliphatic heterocycles. The molecule has 1 N–H and O–H groups in total. The van der Waals surface area contributed by atoms with Gasteiger partial charge in [0, 0.05) is 11.3 Å². The highest BCUT2D eigenvalue weighted by Crippen LogP contribution is 2.22. The average molecular weight is 353 g/mol. The molecule has 0 aliphatic rings. The molecule has 0 saturated carbocycles. The maximum atomic E-state index is 12.1. The Labute approximate surface area is 150 Å². The van der Waals surface area contributed by atoms with Gasteiger partial charge in [0.15, 0.2) is 0 Å². The summed E-state index contributed by atoms with van der Waals surface area (Å²) in [6.45, 7) is 5.98. The molecule has 1 aromatic heterocycles. The number of aryl methyl sites for hydroxylation is 3. The number of benzene rings is 2. The number of nitrogens with zero attached hydrogens (tertiary/aromatic N) is 2. The van der Waals surface area contributed by atoms with Crippen molar-refractivity contribution in [1.29, 1.82) is 0 Å². The van der Waals surface area contributed by atoms with Crippen LogP contribution in [-0.2, 0) is 4.79 Å². The minimum absolute atomic E-state index is 0.103. The lowest BCUT2D eigenvalue weighted by Crippen LogP contribution is -2.14. The van der Waals surface area contributed by atoms with Crippen molar-refractivity contribution in [2.24, 2.45) is 0 Å². The van der Waals surface area contributed by atoms with E-state index in [1.54, 1.807) is 0 Å². The zero-order valence-corrected chi connectivity index (χ0v) is 15.2. The van der Waals surface area contributed by atoms with Crippen molar-refractivity contribution >= 4 is 23.4 Å². The second-order valence-electron chi connectivity index (χ2n) is 5.91. The molecule has 2 aromatic carbocycles. The molecule has 6 heteroatoms. The molecule has 1 amide bonds. The molecule has 128 valence electrons. The molecule has 3 rings (SSSR count). The number of rotatable bonds is 5. The minimum Gasteiger partial charge on any atom is -0.327 e. The summed E-state index contributed by atoms with van der Waals surface area (Å²) in [7, 11) is 0. The molecule has 0 fully saturated rings. The molecule has 3 aromatic rings. The molecule has 0 saturated heterocycles. The van der Waals surface area contributed by atoms with E-state index in [4.69, 9.17) is 4.52 Å². The lowest BCUT2D eigenvalue weighted by atomic mass is 10.1. The van der Waals surface area contributed by atoms with Gasteiger partial charge in [0.1, 0.15) is 0 Å². The Balaban J connectivity index is 1.59. The lowest BCUT2D eigenvalue weighted by Gasteiger charge is -2.08. The van der Waals surface area contributed by atoms with Crippen LogP contribution in [0.3, 0.4) is 0 Å². The topological polar surface area (TPSA) is 68.0 Å². The Morgan fingerprint density at radius 1 is 1.08 bits per heavy atom. The Bertz CT molecular complexity index is 888. The van der Waals surface area contributed by atoms with Gasteiger partial charge in [-0.15, -0.1) is 0 Å². The fourth-order valence-electron chi connectivity index (χ4n) is 2.27. The number of aromatic nitrogens is 2. The molecule has 0 unspecified atom stereocenters. The molecule has 0 spiro atoms. The van der Waals surface area contributed by atoms with Gasteiger partial charge < -0.3 is 9.84 Å². The number of hydrogen-bond acceptors (Lipinski definition) is 5. The molecular formula is C19H19N3O2S. The Morgan fingerprint density at radius 2 is 1.80 bits per heavy atom. The first-order chi connectivity index (χ1) is 12.0. The maximum Gasteiger partial charge on any atom is 0.286 e. The van der Waals surface area contributed by atoms with Crippen molar-refractivity contribution < 1.29 is 9.32 Å². The van der Waals surface area contributed by atoms with Crippen LogP contribution in [0.2, 0.25) is 0 Å². The van der Waals surface area contributed by atoms with Gasteiger partial charge in [-0.25, -0.2) is 0 Å². The number of carbonyl (C=O) groups excluding carboxylic acids is 1. The normalized spacial score (nSPS) is 10.7. The predicted molar refractivity (Wildman–Crippen MR) is 99.7 cm³/mol. The SMILES string of the molecule is Cc1ccc(-c2noc(SCC(=O)Nc3cc(C)ccc3C)n2)cc1. The van der Waals surface area contributed by atoms with E-state index in [-0.39, 0.29) is 11.7 Å². The molecule has 0 atom stereocenters. The third-order valence-corrected chi connectivity index (χ3v) is 4.53. The van der Waals surface area contributed by atoms with Gasteiger partial charge >= 0.3 is 0 Å². The third-order valence-electron chi connectivity index (χ3n) is 3.71. The Kier molecular flexibility index (Phi) is 5.19. The van der Waals surface area contributed by atoms with Gasteiger partial charge in [0.2, 0.25) is 11.7 Å². The first kappa shape index (κ1) is 17.2. The molecular weight excluding hydrogens is 334 g/mol. The van der Waals surface area contributed by atoms with E-state index in [9.17, 15) is 4.79 Å². The first-order valence-corrected chi connectivity index (χ1v) is 8.90. The van der Waals surface area contributed by atoms with Crippen LogP contribution < -0.4 is 5.32 Å². The van der Waals surface area contributed by atoms with Crippen LogP contribution in [0.4, 0.5) is 5.69 Å². The van der Waals surface area contributed by atoms with Crippen molar-refractivity contribution in [3.8, 4) is 11.4 Å². The molecule has 5 nitrogen and oxygen atoms in total. The largest absolute Gasteiger partial charge is 0.327 e. The maximum absolute atomic E-state index is 12.1. The van der Waals surface area contributed by atoms with E-state index in [0.29, 0.717) is 11.0 Å². The van der Waals surface area contributed by atoms with Crippen LogP contribution >= 0.6 is 11.8 Å². The van der Waals surface area contributed by atoms with Crippen molar-refractivity contribution in [2.45, 2.75) is 26.0 Å². The van der Waals surface area contributed by atoms with E-state index >= 15 is 0 Å². The lowest BCUT2D eigenvalue weighted by molar-refractivity contribution is -0.113. The van der Waals surface area contributed by atoms with Crippen molar-refractivity contribution in [2.75, 3.05) is 11.1 Å². The number of anilines is 1. The fourth-order valence-corrected chi connectivity index (χ4v) is 2.84. The van der Waals surface area contributed by atoms with Gasteiger partial charge in [-0.3, -0.25) is 4.79 Å². The van der Waals surface area contributed by atoms with E-state index in [1.807, 2.05) is 63.2 Å². The summed E-state index contributed by atoms with van der Waals surface area (Å²) >= 11 is 1.22. The molecule has 1 heterocycles. The second-order valence-corrected chi connectivity index (χ2v) is 6.83. The third kappa shape index (κ3) is 4.48. The van der Waals surface area contributed by atoms with Crippen LogP contribution in [0, 0.1) is 20.8 Å². The van der Waals surface area contributed by atoms with Crippen LogP contribution in [0.15, 0.2) is 52.2 Å². The van der Waals surface area contributed by atoms with Gasteiger partial charge in [-0.05, 0) is 38.0 Å². The van der Waals surface area contributed by atoms with E-state index in [1.165, 1.54) is 17.3 Å². The monoisotopic (exact) mass is 353 g/mol. The fraction of sp³-hybridized carbons (Fsp3) is 0.211. The molecule has 0 radical (unpaired) electrons. The molecule has 25 heavy (non-hydrogen) atoms. The summed E-state index contributed by atoms with van der Waals surface area (Å²) < 4.78 is 5.21. The summed E-state index contributed by atoms with van der Waals surface area (Å²) in [6, 6.07) is 13.9. The van der Waals surface area contributed by atoms with Gasteiger partial charge in [-0.1, -0.05) is 58.9 Å².